The number of rotatable bonds is 4. The highest BCUT2D eigenvalue weighted by Gasteiger charge is 2.24. The van der Waals surface area contributed by atoms with Crippen molar-refractivity contribution in [2.24, 2.45) is 0 Å². The number of hydrogen-bond donors (Lipinski definition) is 1. The number of benzene rings is 2. The molecule has 0 amide bonds. The summed E-state index contributed by atoms with van der Waals surface area (Å²) in [5.41, 5.74) is 3.07. The van der Waals surface area contributed by atoms with Crippen molar-refractivity contribution in [2.75, 3.05) is 0 Å². The fraction of sp³-hybridized carbons (Fsp3) is 0.333. The van der Waals surface area contributed by atoms with Crippen molar-refractivity contribution in [2.45, 2.75) is 38.5 Å². The molecule has 118 valence electrons. The molecule has 2 aromatic rings. The average Bonchev–Trinajstić information content (AvgIpc) is 2.46. The molecule has 0 spiro atoms. The minimum absolute atomic E-state index is 0.235. The van der Waals surface area contributed by atoms with Crippen LogP contribution >= 0.6 is 0 Å². The summed E-state index contributed by atoms with van der Waals surface area (Å²) in [6.07, 6.45) is 0. The lowest BCUT2D eigenvalue weighted by atomic mass is 9.99. The van der Waals surface area contributed by atoms with E-state index >= 15 is 0 Å². The summed E-state index contributed by atoms with van der Waals surface area (Å²) in [6.45, 7) is 7.80. The maximum Gasteiger partial charge on any atom is 0.123 e. The van der Waals surface area contributed by atoms with Crippen molar-refractivity contribution in [3.63, 3.8) is 0 Å². The molecule has 2 atom stereocenters. The van der Waals surface area contributed by atoms with Gasteiger partial charge in [0.15, 0.2) is 0 Å². The van der Waals surface area contributed by atoms with Crippen LogP contribution in [-0.2, 0) is 11.0 Å². The van der Waals surface area contributed by atoms with Crippen LogP contribution < -0.4 is 4.72 Å². The van der Waals surface area contributed by atoms with Gasteiger partial charge in [0.2, 0.25) is 0 Å². The molecular weight excluding hydrogens is 297 g/mol. The van der Waals surface area contributed by atoms with Gasteiger partial charge in [-0.05, 0) is 51.0 Å². The van der Waals surface area contributed by atoms with Crippen LogP contribution in [0.2, 0.25) is 0 Å². The molecule has 2 aromatic carbocycles. The lowest BCUT2D eigenvalue weighted by Crippen LogP contribution is -2.36. The van der Waals surface area contributed by atoms with E-state index in [1.807, 2.05) is 52.0 Å². The van der Waals surface area contributed by atoms with Crippen molar-refractivity contribution in [3.8, 4) is 0 Å². The number of nitrogens with one attached hydrogen (secondary N) is 1. The lowest BCUT2D eigenvalue weighted by molar-refractivity contribution is 0.618. The third kappa shape index (κ3) is 4.24. The molecule has 0 saturated carbocycles. The third-order valence-corrected chi connectivity index (χ3v) is 4.96. The fourth-order valence-electron chi connectivity index (χ4n) is 2.03. The van der Waals surface area contributed by atoms with Gasteiger partial charge in [-0.15, -0.1) is 0 Å². The van der Waals surface area contributed by atoms with E-state index in [-0.39, 0.29) is 16.6 Å². The highest BCUT2D eigenvalue weighted by atomic mass is 32.2. The molecule has 4 heteroatoms. The molecule has 0 heterocycles. The Morgan fingerprint density at radius 2 is 1.41 bits per heavy atom. The van der Waals surface area contributed by atoms with Crippen LogP contribution in [0.1, 0.15) is 43.5 Å². The second-order valence-corrected chi connectivity index (χ2v) is 8.39. The summed E-state index contributed by atoms with van der Waals surface area (Å²) >= 11 is 0. The smallest absolute Gasteiger partial charge is 0.123 e. The summed E-state index contributed by atoms with van der Waals surface area (Å²) in [5.74, 6) is -0.275. The van der Waals surface area contributed by atoms with E-state index in [9.17, 15) is 8.60 Å². The van der Waals surface area contributed by atoms with E-state index in [1.165, 1.54) is 17.7 Å². The molecule has 0 aliphatic heterocycles. The van der Waals surface area contributed by atoms with Crippen LogP contribution in [0.3, 0.4) is 0 Å². The van der Waals surface area contributed by atoms with Crippen LogP contribution in [-0.4, -0.2) is 8.96 Å². The second kappa shape index (κ2) is 6.71. The zero-order valence-corrected chi connectivity index (χ0v) is 14.2. The van der Waals surface area contributed by atoms with Crippen LogP contribution in [0.15, 0.2) is 48.5 Å². The predicted molar refractivity (Wildman–Crippen MR) is 90.5 cm³/mol. The van der Waals surface area contributed by atoms with E-state index in [1.54, 1.807) is 12.1 Å². The first-order chi connectivity index (χ1) is 10.3. The minimum atomic E-state index is -1.22. The molecule has 0 radical (unpaired) electrons. The van der Waals surface area contributed by atoms with Gasteiger partial charge in [0.1, 0.15) is 5.82 Å². The largest absolute Gasteiger partial charge is 0.242 e. The Hall–Kier alpha value is -1.52. The Kier molecular flexibility index (Phi) is 5.14. The highest BCUT2D eigenvalue weighted by Crippen LogP contribution is 2.25. The summed E-state index contributed by atoms with van der Waals surface area (Å²) in [6, 6.07) is 14.1. The molecule has 0 saturated heterocycles. The maximum absolute atomic E-state index is 13.2. The lowest BCUT2D eigenvalue weighted by Gasteiger charge is -2.25. The van der Waals surface area contributed by atoms with E-state index < -0.39 is 11.0 Å². The molecule has 0 bridgehead atoms. The zero-order valence-electron chi connectivity index (χ0n) is 13.4. The molecule has 0 aliphatic rings. The maximum atomic E-state index is 13.2. The molecule has 22 heavy (non-hydrogen) atoms. The zero-order chi connectivity index (χ0) is 16.3. The van der Waals surface area contributed by atoms with Gasteiger partial charge in [0.25, 0.3) is 0 Å². The Morgan fingerprint density at radius 1 is 0.955 bits per heavy atom. The van der Waals surface area contributed by atoms with E-state index in [0.29, 0.717) is 0 Å². The first-order valence-electron chi connectivity index (χ1n) is 7.27. The van der Waals surface area contributed by atoms with Gasteiger partial charge in [-0.25, -0.2) is 13.3 Å². The first kappa shape index (κ1) is 16.8. The van der Waals surface area contributed by atoms with Gasteiger partial charge < -0.3 is 0 Å². The van der Waals surface area contributed by atoms with Gasteiger partial charge >= 0.3 is 0 Å². The molecule has 0 aromatic heterocycles. The van der Waals surface area contributed by atoms with Crippen LogP contribution in [0, 0.1) is 12.7 Å². The van der Waals surface area contributed by atoms with E-state index in [4.69, 9.17) is 0 Å². The Bertz CT molecular complexity index is 599. The van der Waals surface area contributed by atoms with Crippen LogP contribution in [0.25, 0.3) is 0 Å². The minimum Gasteiger partial charge on any atom is -0.242 e. The molecule has 0 fully saturated rings. The van der Waals surface area contributed by atoms with Gasteiger partial charge in [-0.3, -0.25) is 0 Å². The first-order valence-corrected chi connectivity index (χ1v) is 8.42. The normalized spacial score (nSPS) is 14.6. The van der Waals surface area contributed by atoms with Crippen LogP contribution in [0.5, 0.6) is 0 Å². The molecule has 0 unspecified atom stereocenters. The second-order valence-electron chi connectivity index (χ2n) is 6.39. The van der Waals surface area contributed by atoms with Crippen LogP contribution in [0.4, 0.5) is 4.39 Å². The number of hydrogen-bond acceptors (Lipinski definition) is 1. The molecule has 1 N–H and O–H groups in total. The van der Waals surface area contributed by atoms with Gasteiger partial charge in [-0.1, -0.05) is 42.0 Å². The highest BCUT2D eigenvalue weighted by molar-refractivity contribution is 7.84. The molecule has 2 rings (SSSR count). The van der Waals surface area contributed by atoms with Crippen molar-refractivity contribution in [1.29, 1.82) is 0 Å². The summed E-state index contributed by atoms with van der Waals surface area (Å²) < 4.78 is 28.5. The molecule has 2 nitrogen and oxygen atoms in total. The van der Waals surface area contributed by atoms with Crippen molar-refractivity contribution in [3.05, 3.63) is 71.0 Å². The summed E-state index contributed by atoms with van der Waals surface area (Å²) in [7, 11) is -1.22. The quantitative estimate of drug-likeness (QED) is 0.895. The van der Waals surface area contributed by atoms with E-state index in [0.717, 1.165) is 11.1 Å². The number of halogens is 1. The summed E-state index contributed by atoms with van der Waals surface area (Å²) in [5, 5.41) is 0. The average molecular weight is 319 g/mol. The number of aryl methyl sites for hydroxylation is 1. The Labute approximate surface area is 134 Å². The van der Waals surface area contributed by atoms with Crippen molar-refractivity contribution in [1.82, 2.24) is 4.72 Å². The SMILES string of the molecule is Cc1ccc([C@H](N[S@](=O)C(C)(C)C)c2ccc(F)cc2)cc1. The Balaban J connectivity index is 2.38. The van der Waals surface area contributed by atoms with Gasteiger partial charge in [0, 0.05) is 0 Å². The topological polar surface area (TPSA) is 29.1 Å². The van der Waals surface area contributed by atoms with Gasteiger partial charge in [0.05, 0.1) is 21.8 Å². The third-order valence-electron chi connectivity index (χ3n) is 3.40. The summed E-state index contributed by atoms with van der Waals surface area (Å²) in [4.78, 5) is 0. The predicted octanol–water partition coefficient (Wildman–Crippen LogP) is 4.28. The molecule has 0 aliphatic carbocycles. The van der Waals surface area contributed by atoms with Crippen molar-refractivity contribution < 1.29 is 8.60 Å². The van der Waals surface area contributed by atoms with E-state index in [2.05, 4.69) is 4.72 Å². The molecular formula is C18H22FNOS. The standard InChI is InChI=1S/C18H22FNOS/c1-13-5-7-14(8-6-13)17(20-22(21)18(2,3)4)15-9-11-16(19)12-10-15/h5-12,17,20H,1-4H3/t17-,22+/m0/s1. The fourth-order valence-corrected chi connectivity index (χ4v) is 2.87. The van der Waals surface area contributed by atoms with Crippen molar-refractivity contribution >= 4 is 11.0 Å². The van der Waals surface area contributed by atoms with Gasteiger partial charge in [-0.2, -0.15) is 0 Å². The Morgan fingerprint density at radius 3 is 1.86 bits per heavy atom. The monoisotopic (exact) mass is 319 g/mol.